The van der Waals surface area contributed by atoms with E-state index in [1.54, 1.807) is 10.4 Å². The molecule has 0 amide bonds. The molecule has 1 aromatic rings. The molecule has 0 radical (unpaired) electrons. The van der Waals surface area contributed by atoms with Gasteiger partial charge in [0.05, 0.1) is 0 Å². The number of thiophene rings is 1. The predicted octanol–water partition coefficient (Wildman–Crippen LogP) is 2.52. The summed E-state index contributed by atoms with van der Waals surface area (Å²) in [6.07, 6.45) is 0.979. The summed E-state index contributed by atoms with van der Waals surface area (Å²) in [4.78, 5) is 1.07. The molecule has 6 heteroatoms. The highest BCUT2D eigenvalue weighted by Crippen LogP contribution is 2.31. The van der Waals surface area contributed by atoms with E-state index in [1.807, 2.05) is 13.0 Å². The largest absolute Gasteiger partial charge is 0.312 e. The summed E-state index contributed by atoms with van der Waals surface area (Å²) in [7, 11) is -3.29. The van der Waals surface area contributed by atoms with Crippen LogP contribution in [-0.4, -0.2) is 32.4 Å². The van der Waals surface area contributed by atoms with Crippen LogP contribution >= 0.6 is 11.3 Å². The number of hydrogen-bond donors (Lipinski definition) is 1. The van der Waals surface area contributed by atoms with Crippen molar-refractivity contribution < 1.29 is 8.42 Å². The van der Waals surface area contributed by atoms with Crippen molar-refractivity contribution in [2.24, 2.45) is 11.8 Å². The number of rotatable bonds is 6. The van der Waals surface area contributed by atoms with Crippen molar-refractivity contribution in [1.82, 2.24) is 9.62 Å². The zero-order valence-electron chi connectivity index (χ0n) is 12.4. The van der Waals surface area contributed by atoms with E-state index >= 15 is 0 Å². The molecule has 0 spiro atoms. The minimum Gasteiger partial charge on any atom is -0.312 e. The molecule has 2 heterocycles. The normalized spacial score (nSPS) is 20.9. The monoisotopic (exact) mass is 316 g/mol. The first-order valence-corrected chi connectivity index (χ1v) is 9.50. The number of hydrogen-bond acceptors (Lipinski definition) is 4. The van der Waals surface area contributed by atoms with E-state index in [0.717, 1.165) is 24.4 Å². The maximum absolute atomic E-state index is 12.6. The van der Waals surface area contributed by atoms with Crippen LogP contribution in [0.2, 0.25) is 0 Å². The molecule has 0 bridgehead atoms. The Balaban J connectivity index is 2.09. The maximum atomic E-state index is 12.6. The third-order valence-corrected chi connectivity index (χ3v) is 7.33. The summed E-state index contributed by atoms with van der Waals surface area (Å²) in [6.45, 7) is 9.34. The van der Waals surface area contributed by atoms with Crippen molar-refractivity contribution >= 4 is 21.4 Å². The van der Waals surface area contributed by atoms with Gasteiger partial charge in [0.25, 0.3) is 10.0 Å². The van der Waals surface area contributed by atoms with Gasteiger partial charge in [-0.1, -0.05) is 20.8 Å². The van der Waals surface area contributed by atoms with E-state index < -0.39 is 10.0 Å². The highest BCUT2D eigenvalue weighted by atomic mass is 32.2. The van der Waals surface area contributed by atoms with Crippen molar-refractivity contribution in [1.29, 1.82) is 0 Å². The highest BCUT2D eigenvalue weighted by Gasteiger charge is 2.34. The molecule has 114 valence electrons. The third kappa shape index (κ3) is 3.42. The van der Waals surface area contributed by atoms with Crippen LogP contribution in [0.5, 0.6) is 0 Å². The van der Waals surface area contributed by atoms with Gasteiger partial charge in [-0.05, 0) is 36.9 Å². The second kappa shape index (κ2) is 6.56. The lowest BCUT2D eigenvalue weighted by Crippen LogP contribution is -2.28. The first-order valence-electron chi connectivity index (χ1n) is 7.24. The van der Waals surface area contributed by atoms with E-state index in [9.17, 15) is 8.42 Å². The summed E-state index contributed by atoms with van der Waals surface area (Å²) in [5, 5.41) is 3.22. The Hall–Kier alpha value is -0.430. The van der Waals surface area contributed by atoms with Gasteiger partial charge in [-0.25, -0.2) is 8.42 Å². The maximum Gasteiger partial charge on any atom is 0.252 e. The molecule has 2 rings (SSSR count). The molecule has 1 aliphatic heterocycles. The minimum atomic E-state index is -3.29. The lowest BCUT2D eigenvalue weighted by molar-refractivity contribution is 0.389. The Morgan fingerprint density at radius 3 is 2.80 bits per heavy atom. The van der Waals surface area contributed by atoms with Gasteiger partial charge in [-0.2, -0.15) is 4.31 Å². The first-order chi connectivity index (χ1) is 9.45. The average Bonchev–Trinajstić information content (AvgIpc) is 3.05. The Morgan fingerprint density at radius 2 is 2.20 bits per heavy atom. The van der Waals surface area contributed by atoms with Crippen LogP contribution in [0.15, 0.2) is 16.3 Å². The van der Waals surface area contributed by atoms with Gasteiger partial charge in [0.15, 0.2) is 0 Å². The molecule has 1 saturated heterocycles. The van der Waals surface area contributed by atoms with E-state index in [1.165, 1.54) is 11.3 Å². The molecule has 0 aliphatic carbocycles. The zero-order chi connectivity index (χ0) is 14.8. The van der Waals surface area contributed by atoms with Crippen LogP contribution in [0, 0.1) is 11.8 Å². The lowest BCUT2D eigenvalue weighted by Gasteiger charge is -2.17. The fourth-order valence-corrected chi connectivity index (χ4v) is 5.48. The zero-order valence-corrected chi connectivity index (χ0v) is 14.1. The molecular formula is C14H24N2O2S2. The third-order valence-electron chi connectivity index (χ3n) is 3.91. The molecular weight excluding hydrogens is 292 g/mol. The van der Waals surface area contributed by atoms with Crippen LogP contribution in [0.4, 0.5) is 0 Å². The summed E-state index contributed by atoms with van der Waals surface area (Å²) in [5.41, 5.74) is 0. The number of nitrogens with zero attached hydrogens (tertiary/aromatic N) is 1. The summed E-state index contributed by atoms with van der Waals surface area (Å²) >= 11 is 1.38. The van der Waals surface area contributed by atoms with Crippen LogP contribution in [-0.2, 0) is 16.6 Å². The summed E-state index contributed by atoms with van der Waals surface area (Å²) in [6, 6.07) is 3.66. The van der Waals surface area contributed by atoms with Crippen LogP contribution in [0.1, 0.15) is 32.1 Å². The Labute approximate surface area is 126 Å². The molecule has 0 aromatic carbocycles. The van der Waals surface area contributed by atoms with Gasteiger partial charge in [0.1, 0.15) is 4.21 Å². The van der Waals surface area contributed by atoms with Crippen molar-refractivity contribution in [3.8, 4) is 0 Å². The van der Waals surface area contributed by atoms with E-state index in [0.29, 0.717) is 29.1 Å². The molecule has 4 nitrogen and oxygen atoms in total. The predicted molar refractivity (Wildman–Crippen MR) is 83.4 cm³/mol. The van der Waals surface area contributed by atoms with Gasteiger partial charge in [-0.15, -0.1) is 11.3 Å². The van der Waals surface area contributed by atoms with Crippen molar-refractivity contribution in [3.63, 3.8) is 0 Å². The van der Waals surface area contributed by atoms with Gasteiger partial charge < -0.3 is 5.32 Å². The second-order valence-corrected chi connectivity index (χ2v) is 8.99. The minimum absolute atomic E-state index is 0.481. The Morgan fingerprint density at radius 1 is 1.45 bits per heavy atom. The number of nitrogens with one attached hydrogen (secondary N) is 1. The molecule has 1 atom stereocenters. The molecule has 0 saturated carbocycles. The van der Waals surface area contributed by atoms with Gasteiger partial charge >= 0.3 is 0 Å². The Kier molecular flexibility index (Phi) is 5.23. The summed E-state index contributed by atoms with van der Waals surface area (Å²) in [5.74, 6) is 1.04. The van der Waals surface area contributed by atoms with E-state index in [4.69, 9.17) is 0 Å². The van der Waals surface area contributed by atoms with E-state index in [-0.39, 0.29) is 0 Å². The molecule has 20 heavy (non-hydrogen) atoms. The fraction of sp³-hybridized carbons (Fsp3) is 0.714. The Bertz CT molecular complexity index is 537. The van der Waals surface area contributed by atoms with Crippen molar-refractivity contribution in [2.75, 3.05) is 19.6 Å². The molecule has 1 fully saturated rings. The fourth-order valence-electron chi connectivity index (χ4n) is 2.48. The number of sulfonamides is 1. The average molecular weight is 316 g/mol. The van der Waals surface area contributed by atoms with Crippen LogP contribution in [0.3, 0.4) is 0 Å². The topological polar surface area (TPSA) is 49.4 Å². The summed E-state index contributed by atoms with van der Waals surface area (Å²) < 4.78 is 27.3. The second-order valence-electron chi connectivity index (χ2n) is 5.66. The van der Waals surface area contributed by atoms with E-state index in [2.05, 4.69) is 19.2 Å². The molecule has 1 unspecified atom stereocenters. The lowest BCUT2D eigenvalue weighted by atomic mass is 9.96. The van der Waals surface area contributed by atoms with Crippen LogP contribution in [0.25, 0.3) is 0 Å². The molecule has 1 aliphatic rings. The van der Waals surface area contributed by atoms with Gasteiger partial charge in [-0.3, -0.25) is 0 Å². The van der Waals surface area contributed by atoms with Crippen molar-refractivity contribution in [3.05, 3.63) is 17.0 Å². The van der Waals surface area contributed by atoms with Gasteiger partial charge in [0.2, 0.25) is 0 Å². The van der Waals surface area contributed by atoms with Crippen LogP contribution < -0.4 is 5.32 Å². The van der Waals surface area contributed by atoms with Crippen molar-refractivity contribution in [2.45, 2.75) is 37.9 Å². The molecule has 1 aromatic heterocycles. The first kappa shape index (κ1) is 15.9. The smallest absolute Gasteiger partial charge is 0.252 e. The molecule has 1 N–H and O–H groups in total. The SMILES string of the molecule is CCNCc1ccc(S(=O)(=O)N2CCC(C(C)C)C2)s1. The quantitative estimate of drug-likeness (QED) is 0.877. The van der Waals surface area contributed by atoms with Gasteiger partial charge in [0, 0.05) is 24.5 Å². The standard InChI is InChI=1S/C14H24N2O2S2/c1-4-15-9-13-5-6-14(19-13)20(17,18)16-8-7-12(10-16)11(2)3/h5-6,11-12,15H,4,7-10H2,1-3H3. The highest BCUT2D eigenvalue weighted by molar-refractivity contribution is 7.91.